The number of ether oxygens (including phenoxy) is 1. The number of thioether (sulfide) groups is 1. The van der Waals surface area contributed by atoms with E-state index in [1.54, 1.807) is 13.8 Å². The van der Waals surface area contributed by atoms with E-state index in [-0.39, 0.29) is 48.6 Å². The van der Waals surface area contributed by atoms with Crippen molar-refractivity contribution in [2.75, 3.05) is 18.9 Å². The minimum absolute atomic E-state index is 0.0645. The zero-order valence-electron chi connectivity index (χ0n) is 16.4. The van der Waals surface area contributed by atoms with E-state index in [0.717, 1.165) is 0 Å². The number of carbonyl (C=O) groups excluding carboxylic acids is 4. The summed E-state index contributed by atoms with van der Waals surface area (Å²) in [5, 5.41) is 11.0. The lowest BCUT2D eigenvalue weighted by molar-refractivity contribution is -0.150. The molecule has 4 atom stereocenters. The Morgan fingerprint density at radius 1 is 1.11 bits per heavy atom. The summed E-state index contributed by atoms with van der Waals surface area (Å²) in [6.07, 6.45) is -0.0645. The van der Waals surface area contributed by atoms with Crippen molar-refractivity contribution < 1.29 is 23.9 Å². The van der Waals surface area contributed by atoms with Gasteiger partial charge in [-0.3, -0.25) is 14.4 Å². The maximum atomic E-state index is 12.9. The third-order valence-electron chi connectivity index (χ3n) is 4.61. The molecule has 0 aromatic carbocycles. The molecule has 0 radical (unpaired) electrons. The summed E-state index contributed by atoms with van der Waals surface area (Å²) in [7, 11) is 0. The average molecular weight is 413 g/mol. The van der Waals surface area contributed by atoms with E-state index in [2.05, 4.69) is 27.8 Å². The van der Waals surface area contributed by atoms with Crippen LogP contribution in [0.5, 0.6) is 0 Å². The van der Waals surface area contributed by atoms with Crippen LogP contribution in [0.1, 0.15) is 27.2 Å². The first-order valence-electron chi connectivity index (χ1n) is 9.29. The molecule has 2 heterocycles. The highest BCUT2D eigenvalue weighted by atomic mass is 32.2. The van der Waals surface area contributed by atoms with Crippen molar-refractivity contribution >= 4 is 35.5 Å². The molecule has 9 nitrogen and oxygen atoms in total. The molecule has 0 spiro atoms. The van der Waals surface area contributed by atoms with Crippen molar-refractivity contribution in [1.82, 2.24) is 21.3 Å². The van der Waals surface area contributed by atoms with Crippen LogP contribution in [0.15, 0.2) is 12.3 Å². The minimum Gasteiger partial charge on any atom is -0.464 e. The minimum atomic E-state index is -0.825. The van der Waals surface area contributed by atoms with E-state index in [0.29, 0.717) is 11.4 Å². The Labute approximate surface area is 168 Å². The largest absolute Gasteiger partial charge is 0.464 e. The maximum absolute atomic E-state index is 12.9. The Balaban J connectivity index is 2.24. The van der Waals surface area contributed by atoms with Gasteiger partial charge in [-0.15, -0.1) is 0 Å². The number of nitrogens with one attached hydrogen (secondary N) is 4. The van der Waals surface area contributed by atoms with Gasteiger partial charge in [0.2, 0.25) is 17.7 Å². The Hall–Kier alpha value is -2.23. The van der Waals surface area contributed by atoms with Crippen molar-refractivity contribution in [1.29, 1.82) is 0 Å². The zero-order valence-corrected chi connectivity index (χ0v) is 17.2. The second kappa shape index (κ2) is 9.81. The van der Waals surface area contributed by atoms with Gasteiger partial charge in [0.1, 0.15) is 18.7 Å². The number of fused-ring (bicyclic) bond motifs is 3. The SMILES string of the molecule is C=C1NC2C(=O)NC(C(C)C)C(=O)OCCC(=O)NCC(=O)N[C@@H]1CSC2C. The number of esters is 1. The van der Waals surface area contributed by atoms with Crippen LogP contribution < -0.4 is 21.3 Å². The molecular formula is C18H28N4O5S. The molecule has 0 aromatic heterocycles. The van der Waals surface area contributed by atoms with Gasteiger partial charge in [0.15, 0.2) is 0 Å². The first kappa shape index (κ1) is 22.1. The second-order valence-electron chi connectivity index (χ2n) is 7.23. The summed E-state index contributed by atoms with van der Waals surface area (Å²) >= 11 is 1.51. The predicted molar refractivity (Wildman–Crippen MR) is 105 cm³/mol. The summed E-state index contributed by atoms with van der Waals surface area (Å²) < 4.78 is 5.16. The predicted octanol–water partition coefficient (Wildman–Crippen LogP) is -0.718. The van der Waals surface area contributed by atoms with Crippen LogP contribution in [0.4, 0.5) is 0 Å². The summed E-state index contributed by atoms with van der Waals surface area (Å²) in [6, 6.07) is -1.82. The molecule has 28 heavy (non-hydrogen) atoms. The van der Waals surface area contributed by atoms with Crippen LogP contribution in [-0.4, -0.2) is 66.0 Å². The molecule has 10 heteroatoms. The molecule has 156 valence electrons. The number of amides is 3. The number of carbonyl (C=O) groups is 4. The molecule has 0 saturated carbocycles. The quantitative estimate of drug-likeness (QED) is 0.419. The van der Waals surface area contributed by atoms with Gasteiger partial charge in [-0.2, -0.15) is 11.8 Å². The van der Waals surface area contributed by atoms with Crippen LogP contribution in [0.2, 0.25) is 0 Å². The molecular weight excluding hydrogens is 384 g/mol. The number of hydrogen-bond donors (Lipinski definition) is 4. The molecule has 2 fully saturated rings. The van der Waals surface area contributed by atoms with Crippen LogP contribution in [-0.2, 0) is 23.9 Å². The summed E-state index contributed by atoms with van der Waals surface area (Å²) in [4.78, 5) is 49.2. The van der Waals surface area contributed by atoms with Crippen LogP contribution in [0, 0.1) is 5.92 Å². The van der Waals surface area contributed by atoms with Gasteiger partial charge in [-0.25, -0.2) is 4.79 Å². The smallest absolute Gasteiger partial charge is 0.328 e. The number of cyclic esters (lactones) is 1. The zero-order chi connectivity index (χ0) is 20.8. The van der Waals surface area contributed by atoms with Gasteiger partial charge < -0.3 is 26.0 Å². The van der Waals surface area contributed by atoms with Gasteiger partial charge >= 0.3 is 5.97 Å². The highest BCUT2D eigenvalue weighted by Crippen LogP contribution is 2.23. The highest BCUT2D eigenvalue weighted by Gasteiger charge is 2.35. The van der Waals surface area contributed by atoms with Gasteiger partial charge in [0, 0.05) is 16.7 Å². The van der Waals surface area contributed by atoms with Crippen LogP contribution >= 0.6 is 11.8 Å². The Bertz CT molecular complexity index is 654. The molecule has 2 rings (SSSR count). The molecule has 4 N–H and O–H groups in total. The molecule has 2 saturated heterocycles. The second-order valence-corrected chi connectivity index (χ2v) is 8.64. The first-order chi connectivity index (χ1) is 13.2. The normalized spacial score (nSPS) is 30.6. The summed E-state index contributed by atoms with van der Waals surface area (Å²) in [5.74, 6) is -1.35. The highest BCUT2D eigenvalue weighted by molar-refractivity contribution is 8.00. The first-order valence-corrected chi connectivity index (χ1v) is 10.3. The van der Waals surface area contributed by atoms with E-state index in [1.165, 1.54) is 11.8 Å². The van der Waals surface area contributed by atoms with E-state index in [4.69, 9.17) is 4.74 Å². The van der Waals surface area contributed by atoms with Gasteiger partial charge in [-0.1, -0.05) is 27.4 Å². The Morgan fingerprint density at radius 3 is 2.50 bits per heavy atom. The van der Waals surface area contributed by atoms with E-state index in [1.807, 2.05) is 6.92 Å². The van der Waals surface area contributed by atoms with Crippen LogP contribution in [0.25, 0.3) is 0 Å². The van der Waals surface area contributed by atoms with Gasteiger partial charge in [-0.05, 0) is 5.92 Å². The van der Waals surface area contributed by atoms with Gasteiger partial charge in [0.05, 0.1) is 19.0 Å². The monoisotopic (exact) mass is 412 g/mol. The summed E-state index contributed by atoms with van der Waals surface area (Å²) in [6.45, 7) is 9.15. The lowest BCUT2D eigenvalue weighted by Crippen LogP contribution is -2.55. The Morgan fingerprint density at radius 2 is 1.82 bits per heavy atom. The average Bonchev–Trinajstić information content (AvgIpc) is 2.76. The molecule has 3 unspecified atom stereocenters. The molecule has 3 amide bonds. The van der Waals surface area contributed by atoms with Crippen molar-refractivity contribution in [3.8, 4) is 0 Å². The van der Waals surface area contributed by atoms with Gasteiger partial charge in [0.25, 0.3) is 0 Å². The van der Waals surface area contributed by atoms with Crippen LogP contribution in [0.3, 0.4) is 0 Å². The fourth-order valence-electron chi connectivity index (χ4n) is 2.86. The van der Waals surface area contributed by atoms with E-state index in [9.17, 15) is 19.2 Å². The third-order valence-corrected chi connectivity index (χ3v) is 5.94. The molecule has 0 aromatic rings. The van der Waals surface area contributed by atoms with Crippen molar-refractivity contribution in [3.63, 3.8) is 0 Å². The third kappa shape index (κ3) is 5.88. The lowest BCUT2D eigenvalue weighted by Gasteiger charge is -2.27. The fraction of sp³-hybridized carbons (Fsp3) is 0.667. The van der Waals surface area contributed by atoms with Crippen molar-refractivity contribution in [3.05, 3.63) is 12.3 Å². The van der Waals surface area contributed by atoms with Crippen molar-refractivity contribution in [2.24, 2.45) is 5.92 Å². The number of rotatable bonds is 1. The van der Waals surface area contributed by atoms with E-state index >= 15 is 0 Å². The summed E-state index contributed by atoms with van der Waals surface area (Å²) in [5.41, 5.74) is 0.507. The lowest BCUT2D eigenvalue weighted by atomic mass is 10.0. The molecule has 2 bridgehead atoms. The fourth-order valence-corrected chi connectivity index (χ4v) is 4.02. The standard InChI is InChI=1S/C18H28N4O5S/c1-9(2)15-18(26)27-6-5-13(23)19-7-14(24)21-12-8-28-11(4)16(17(25)22-15)20-10(12)3/h9,11-12,15-16,20H,3,5-8H2,1-2,4H3,(H,19,23)(H,21,24)(H,22,25)/t11?,12-,15?,16?/m1/s1. The Kier molecular flexibility index (Phi) is 7.73. The number of hydrogen-bond acceptors (Lipinski definition) is 7. The van der Waals surface area contributed by atoms with E-state index < -0.39 is 24.0 Å². The maximum Gasteiger partial charge on any atom is 0.328 e. The molecule has 0 aliphatic carbocycles. The molecule has 2 aliphatic heterocycles. The topological polar surface area (TPSA) is 126 Å². The van der Waals surface area contributed by atoms with Crippen molar-refractivity contribution in [2.45, 2.75) is 50.6 Å². The molecule has 2 aliphatic rings.